The van der Waals surface area contributed by atoms with Crippen molar-refractivity contribution in [3.8, 4) is 0 Å². The summed E-state index contributed by atoms with van der Waals surface area (Å²) in [6.07, 6.45) is 1.29. The minimum atomic E-state index is -3.65. The molecular weight excluding hydrogens is 320 g/mol. The highest BCUT2D eigenvalue weighted by Gasteiger charge is 2.31. The van der Waals surface area contributed by atoms with Crippen molar-refractivity contribution in [2.45, 2.75) is 38.6 Å². The van der Waals surface area contributed by atoms with Gasteiger partial charge < -0.3 is 5.11 Å². The minimum absolute atomic E-state index is 0.0483. The van der Waals surface area contributed by atoms with Crippen molar-refractivity contribution in [3.05, 3.63) is 29.8 Å². The van der Waals surface area contributed by atoms with E-state index < -0.39 is 16.2 Å². The van der Waals surface area contributed by atoms with Crippen molar-refractivity contribution in [1.29, 1.82) is 0 Å². The van der Waals surface area contributed by atoms with Crippen LogP contribution in [0.4, 0.5) is 5.69 Å². The van der Waals surface area contributed by atoms with Crippen molar-refractivity contribution >= 4 is 27.6 Å². The molecule has 0 bridgehead atoms. The van der Waals surface area contributed by atoms with Crippen LogP contribution in [0.15, 0.2) is 24.3 Å². The lowest BCUT2D eigenvalue weighted by atomic mass is 10.1. The SMILES string of the molecule is CC1CCCN1S(=O)(=O)Nc1cccc(C(=O)CCC(=O)O)c1. The van der Waals surface area contributed by atoms with Gasteiger partial charge in [0.05, 0.1) is 12.1 Å². The molecule has 7 nitrogen and oxygen atoms in total. The number of rotatable bonds is 7. The molecule has 1 saturated heterocycles. The Morgan fingerprint density at radius 2 is 2.09 bits per heavy atom. The topological polar surface area (TPSA) is 104 Å². The van der Waals surface area contributed by atoms with Gasteiger partial charge in [0.25, 0.3) is 0 Å². The number of benzene rings is 1. The number of Topliss-reactive ketones (excluding diaryl/α,β-unsaturated/α-hetero) is 1. The molecule has 0 aromatic heterocycles. The van der Waals surface area contributed by atoms with Crippen molar-refractivity contribution in [3.63, 3.8) is 0 Å². The van der Waals surface area contributed by atoms with Crippen LogP contribution in [0.1, 0.15) is 43.0 Å². The Kier molecular flexibility index (Phi) is 5.38. The molecule has 23 heavy (non-hydrogen) atoms. The number of anilines is 1. The van der Waals surface area contributed by atoms with E-state index in [1.165, 1.54) is 10.4 Å². The zero-order valence-corrected chi connectivity index (χ0v) is 13.7. The zero-order valence-electron chi connectivity index (χ0n) is 12.9. The molecule has 0 spiro atoms. The van der Waals surface area contributed by atoms with Gasteiger partial charge in [-0.1, -0.05) is 12.1 Å². The average Bonchev–Trinajstić information content (AvgIpc) is 2.91. The smallest absolute Gasteiger partial charge is 0.303 e. The first-order valence-corrected chi connectivity index (χ1v) is 8.88. The van der Waals surface area contributed by atoms with Crippen LogP contribution in [-0.2, 0) is 15.0 Å². The van der Waals surface area contributed by atoms with Gasteiger partial charge in [-0.2, -0.15) is 12.7 Å². The molecule has 1 fully saturated rings. The Morgan fingerprint density at radius 3 is 2.70 bits per heavy atom. The summed E-state index contributed by atoms with van der Waals surface area (Å²) in [4.78, 5) is 22.4. The predicted molar refractivity (Wildman–Crippen MR) is 85.6 cm³/mol. The third-order valence-electron chi connectivity index (χ3n) is 3.80. The van der Waals surface area contributed by atoms with E-state index >= 15 is 0 Å². The van der Waals surface area contributed by atoms with Crippen molar-refractivity contribution in [2.24, 2.45) is 0 Å². The molecule has 1 aliphatic heterocycles. The van der Waals surface area contributed by atoms with Crippen LogP contribution in [0.5, 0.6) is 0 Å². The van der Waals surface area contributed by atoms with Crippen molar-refractivity contribution < 1.29 is 23.1 Å². The van der Waals surface area contributed by atoms with E-state index in [-0.39, 0.29) is 24.7 Å². The summed E-state index contributed by atoms with van der Waals surface area (Å²) in [6, 6.07) is 6.06. The van der Waals surface area contributed by atoms with Crippen LogP contribution < -0.4 is 4.72 Å². The highest BCUT2D eigenvalue weighted by molar-refractivity contribution is 7.90. The van der Waals surface area contributed by atoms with Crippen LogP contribution in [-0.4, -0.2) is 42.2 Å². The van der Waals surface area contributed by atoms with Crippen LogP contribution in [0.25, 0.3) is 0 Å². The summed E-state index contributed by atoms with van der Waals surface area (Å²) in [5, 5.41) is 8.61. The summed E-state index contributed by atoms with van der Waals surface area (Å²) in [7, 11) is -3.65. The van der Waals surface area contributed by atoms with Gasteiger partial charge in [-0.25, -0.2) is 0 Å². The maximum absolute atomic E-state index is 12.4. The third-order valence-corrected chi connectivity index (χ3v) is 5.45. The summed E-state index contributed by atoms with van der Waals surface area (Å²) >= 11 is 0. The number of carboxylic acids is 1. The molecule has 0 amide bonds. The summed E-state index contributed by atoms with van der Waals surface area (Å²) < 4.78 is 28.6. The molecule has 126 valence electrons. The van der Waals surface area contributed by atoms with E-state index in [9.17, 15) is 18.0 Å². The Morgan fingerprint density at radius 1 is 1.35 bits per heavy atom. The van der Waals surface area contributed by atoms with E-state index in [2.05, 4.69) is 4.72 Å². The molecule has 1 unspecified atom stereocenters. The van der Waals surface area contributed by atoms with Gasteiger partial charge in [0.2, 0.25) is 0 Å². The normalized spacial score (nSPS) is 18.7. The number of aliphatic carboxylic acids is 1. The second-order valence-corrected chi connectivity index (χ2v) is 7.23. The first kappa shape index (κ1) is 17.4. The van der Waals surface area contributed by atoms with Crippen molar-refractivity contribution in [1.82, 2.24) is 4.31 Å². The third kappa shape index (κ3) is 4.52. The minimum Gasteiger partial charge on any atom is -0.481 e. The van der Waals surface area contributed by atoms with E-state index in [0.717, 1.165) is 12.8 Å². The Bertz CT molecular complexity index is 702. The Balaban J connectivity index is 2.10. The monoisotopic (exact) mass is 340 g/mol. The van der Waals surface area contributed by atoms with Gasteiger partial charge >= 0.3 is 16.2 Å². The molecule has 8 heteroatoms. The van der Waals surface area contributed by atoms with Gasteiger partial charge in [-0.3, -0.25) is 14.3 Å². The Hall–Kier alpha value is -1.93. The lowest BCUT2D eigenvalue weighted by Gasteiger charge is -2.21. The van der Waals surface area contributed by atoms with Gasteiger partial charge in [0.1, 0.15) is 0 Å². The van der Waals surface area contributed by atoms with Gasteiger partial charge in [0.15, 0.2) is 5.78 Å². The lowest BCUT2D eigenvalue weighted by molar-refractivity contribution is -0.136. The maximum atomic E-state index is 12.4. The van der Waals surface area contributed by atoms with Gasteiger partial charge in [-0.05, 0) is 31.9 Å². The maximum Gasteiger partial charge on any atom is 0.303 e. The second kappa shape index (κ2) is 7.10. The molecule has 1 atom stereocenters. The average molecular weight is 340 g/mol. The molecule has 0 saturated carbocycles. The number of nitrogens with zero attached hydrogens (tertiary/aromatic N) is 1. The van der Waals surface area contributed by atoms with Gasteiger partial charge in [0, 0.05) is 24.6 Å². The predicted octanol–water partition coefficient (Wildman–Crippen LogP) is 1.88. The fraction of sp³-hybridized carbons (Fsp3) is 0.467. The van der Waals surface area contributed by atoms with Crippen molar-refractivity contribution in [2.75, 3.05) is 11.3 Å². The zero-order chi connectivity index (χ0) is 17.0. The largest absolute Gasteiger partial charge is 0.481 e. The van der Waals surface area contributed by atoms with Gasteiger partial charge in [-0.15, -0.1) is 0 Å². The lowest BCUT2D eigenvalue weighted by Crippen LogP contribution is -2.38. The van der Waals surface area contributed by atoms with E-state index in [0.29, 0.717) is 17.8 Å². The molecule has 1 aromatic carbocycles. The fourth-order valence-electron chi connectivity index (χ4n) is 2.59. The molecule has 1 aliphatic rings. The number of hydrogen-bond acceptors (Lipinski definition) is 4. The molecule has 2 N–H and O–H groups in total. The number of nitrogens with one attached hydrogen (secondary N) is 1. The fourth-order valence-corrected chi connectivity index (χ4v) is 4.08. The summed E-state index contributed by atoms with van der Waals surface area (Å²) in [6.45, 7) is 2.34. The second-order valence-electron chi connectivity index (χ2n) is 5.61. The summed E-state index contributed by atoms with van der Waals surface area (Å²) in [5.41, 5.74) is 0.589. The number of carbonyl (C=O) groups excluding carboxylic acids is 1. The highest BCUT2D eigenvalue weighted by Crippen LogP contribution is 2.22. The molecule has 1 aromatic rings. The van der Waals surface area contributed by atoms with Crippen LogP contribution in [0, 0.1) is 0 Å². The molecular formula is C15H20N2O5S. The number of carboxylic acid groups (broad SMARTS) is 1. The summed E-state index contributed by atoms with van der Waals surface area (Å²) in [5.74, 6) is -1.37. The molecule has 2 rings (SSSR count). The van der Waals surface area contributed by atoms with Crippen LogP contribution >= 0.6 is 0 Å². The van der Waals surface area contributed by atoms with E-state index in [1.807, 2.05) is 6.92 Å². The molecule has 0 aliphatic carbocycles. The first-order valence-electron chi connectivity index (χ1n) is 7.44. The van der Waals surface area contributed by atoms with E-state index in [4.69, 9.17) is 5.11 Å². The number of hydrogen-bond donors (Lipinski definition) is 2. The first-order chi connectivity index (χ1) is 10.8. The quantitative estimate of drug-likeness (QED) is 0.738. The van der Waals surface area contributed by atoms with E-state index in [1.54, 1.807) is 18.2 Å². The highest BCUT2D eigenvalue weighted by atomic mass is 32.2. The Labute approximate surface area is 135 Å². The standard InChI is InChI=1S/C15H20N2O5S/c1-11-4-3-9-17(11)23(21,22)16-13-6-2-5-12(10-13)14(18)7-8-15(19)20/h2,5-6,10-11,16H,3-4,7-9H2,1H3,(H,19,20). The van der Waals surface area contributed by atoms with Crippen LogP contribution in [0.2, 0.25) is 0 Å². The molecule has 0 radical (unpaired) electrons. The molecule has 1 heterocycles. The number of ketones is 1. The van der Waals surface area contributed by atoms with Crippen LogP contribution in [0.3, 0.4) is 0 Å². The number of carbonyl (C=O) groups is 2.